The van der Waals surface area contributed by atoms with Crippen LogP contribution in [-0.4, -0.2) is 26.6 Å². The molecule has 0 aliphatic rings. The van der Waals surface area contributed by atoms with Gasteiger partial charge in [0.25, 0.3) is 5.91 Å². The number of carbonyl (C=O) groups is 2. The molecule has 31 heavy (non-hydrogen) atoms. The summed E-state index contributed by atoms with van der Waals surface area (Å²) in [5.74, 6) is -1.03. The van der Waals surface area contributed by atoms with Gasteiger partial charge in [-0.25, -0.2) is 14.5 Å². The first-order valence-corrected chi connectivity index (χ1v) is 9.69. The highest BCUT2D eigenvalue weighted by atomic mass is 16.5. The molecule has 4 aromatic rings. The van der Waals surface area contributed by atoms with E-state index < -0.39 is 18.0 Å². The lowest BCUT2D eigenvalue weighted by Gasteiger charge is -2.18. The van der Waals surface area contributed by atoms with Gasteiger partial charge in [-0.2, -0.15) is 5.10 Å². The number of ether oxygens (including phenoxy) is 1. The number of hydrogen-bond donors (Lipinski definition) is 1. The summed E-state index contributed by atoms with van der Waals surface area (Å²) in [7, 11) is 0. The largest absolute Gasteiger partial charge is 0.444 e. The third-order valence-electron chi connectivity index (χ3n) is 4.67. The third-order valence-corrected chi connectivity index (χ3v) is 4.67. The van der Waals surface area contributed by atoms with E-state index in [4.69, 9.17) is 4.74 Å². The van der Waals surface area contributed by atoms with Crippen molar-refractivity contribution in [2.75, 3.05) is 5.32 Å². The zero-order valence-electron chi connectivity index (χ0n) is 16.8. The Bertz CT molecular complexity index is 1160. The van der Waals surface area contributed by atoms with Gasteiger partial charge in [-0.15, -0.1) is 0 Å². The lowest BCUT2D eigenvalue weighted by molar-refractivity contribution is -0.125. The Morgan fingerprint density at radius 3 is 2.29 bits per heavy atom. The van der Waals surface area contributed by atoms with Crippen LogP contribution in [0, 0.1) is 6.92 Å². The SMILES string of the molecule is Cc1ccc(NC(=O)[C@H](OC(=O)c2ccc(-n3cncn3)cc2)c2ccccc2)cc1. The zero-order valence-corrected chi connectivity index (χ0v) is 16.8. The molecule has 1 N–H and O–H groups in total. The number of carbonyl (C=O) groups excluding carboxylic acids is 2. The second kappa shape index (κ2) is 9.04. The highest BCUT2D eigenvalue weighted by Crippen LogP contribution is 2.22. The number of anilines is 1. The molecule has 3 aromatic carbocycles. The highest BCUT2D eigenvalue weighted by Gasteiger charge is 2.26. The molecule has 0 spiro atoms. The van der Waals surface area contributed by atoms with Gasteiger partial charge in [0.05, 0.1) is 11.3 Å². The van der Waals surface area contributed by atoms with Crippen LogP contribution in [0.25, 0.3) is 5.69 Å². The molecule has 154 valence electrons. The van der Waals surface area contributed by atoms with Crippen molar-refractivity contribution >= 4 is 17.6 Å². The molecule has 0 unspecified atom stereocenters. The maximum absolute atomic E-state index is 13.0. The number of aryl methyl sites for hydroxylation is 1. The summed E-state index contributed by atoms with van der Waals surface area (Å²) in [6, 6.07) is 23.0. The molecule has 1 aromatic heterocycles. The second-order valence-corrected chi connectivity index (χ2v) is 6.94. The number of hydrogen-bond acceptors (Lipinski definition) is 5. The molecule has 4 rings (SSSR count). The molecule has 7 nitrogen and oxygen atoms in total. The topological polar surface area (TPSA) is 86.1 Å². The molecular weight excluding hydrogens is 392 g/mol. The van der Waals surface area contributed by atoms with Crippen LogP contribution >= 0.6 is 0 Å². The molecule has 0 saturated heterocycles. The van der Waals surface area contributed by atoms with Gasteiger partial charge < -0.3 is 10.1 Å². The van der Waals surface area contributed by atoms with Crippen molar-refractivity contribution in [1.29, 1.82) is 0 Å². The highest BCUT2D eigenvalue weighted by molar-refractivity contribution is 5.98. The maximum Gasteiger partial charge on any atom is 0.339 e. The quantitative estimate of drug-likeness (QED) is 0.482. The van der Waals surface area contributed by atoms with Crippen LogP contribution < -0.4 is 5.32 Å². The molecule has 7 heteroatoms. The summed E-state index contributed by atoms with van der Waals surface area (Å²) in [6.07, 6.45) is 1.90. The van der Waals surface area contributed by atoms with Gasteiger partial charge in [-0.3, -0.25) is 4.79 Å². The molecule has 1 heterocycles. The number of rotatable bonds is 6. The van der Waals surface area contributed by atoms with Crippen LogP contribution in [0.2, 0.25) is 0 Å². The van der Waals surface area contributed by atoms with Crippen LogP contribution in [0.1, 0.15) is 27.6 Å². The van der Waals surface area contributed by atoms with E-state index in [0.717, 1.165) is 11.3 Å². The average molecular weight is 412 g/mol. The first-order valence-electron chi connectivity index (χ1n) is 9.69. The fourth-order valence-corrected chi connectivity index (χ4v) is 3.01. The smallest absolute Gasteiger partial charge is 0.339 e. The first kappa shape index (κ1) is 20.0. The van der Waals surface area contributed by atoms with E-state index in [1.807, 2.05) is 25.1 Å². The number of amides is 1. The first-order chi connectivity index (χ1) is 15.1. The van der Waals surface area contributed by atoms with Crippen LogP contribution in [0.5, 0.6) is 0 Å². The van der Waals surface area contributed by atoms with Gasteiger partial charge in [-0.1, -0.05) is 48.0 Å². The van der Waals surface area contributed by atoms with Crippen molar-refractivity contribution in [3.63, 3.8) is 0 Å². The van der Waals surface area contributed by atoms with Crippen LogP contribution in [-0.2, 0) is 9.53 Å². The van der Waals surface area contributed by atoms with Gasteiger partial charge >= 0.3 is 5.97 Å². The minimum absolute atomic E-state index is 0.327. The summed E-state index contributed by atoms with van der Waals surface area (Å²) >= 11 is 0. The summed E-state index contributed by atoms with van der Waals surface area (Å²) in [4.78, 5) is 29.7. The summed E-state index contributed by atoms with van der Waals surface area (Å²) in [5, 5.41) is 6.87. The van der Waals surface area contributed by atoms with Crippen molar-refractivity contribution in [3.05, 3.63) is 108 Å². The monoisotopic (exact) mass is 412 g/mol. The van der Waals surface area contributed by atoms with Gasteiger partial charge in [0.1, 0.15) is 12.7 Å². The van der Waals surface area contributed by atoms with Crippen molar-refractivity contribution < 1.29 is 14.3 Å². The molecule has 0 radical (unpaired) electrons. The second-order valence-electron chi connectivity index (χ2n) is 6.94. The number of aromatic nitrogens is 3. The van der Waals surface area contributed by atoms with Crippen molar-refractivity contribution in [3.8, 4) is 5.69 Å². The Hall–Kier alpha value is -4.26. The molecular formula is C24H20N4O3. The maximum atomic E-state index is 13.0. The minimum Gasteiger partial charge on any atom is -0.444 e. The van der Waals surface area contributed by atoms with E-state index in [2.05, 4.69) is 15.4 Å². The van der Waals surface area contributed by atoms with Gasteiger partial charge in [-0.05, 0) is 43.3 Å². The lowest BCUT2D eigenvalue weighted by atomic mass is 10.1. The Labute approximate surface area is 179 Å². The molecule has 0 aliphatic heterocycles. The molecule has 0 fully saturated rings. The van der Waals surface area contributed by atoms with Crippen LogP contribution in [0.3, 0.4) is 0 Å². The molecule has 1 amide bonds. The summed E-state index contributed by atoms with van der Waals surface area (Å²) < 4.78 is 7.21. The third kappa shape index (κ3) is 4.84. The average Bonchev–Trinajstić information content (AvgIpc) is 3.34. The normalized spacial score (nSPS) is 11.5. The molecule has 0 saturated carbocycles. The van der Waals surface area contributed by atoms with Gasteiger partial charge in [0.15, 0.2) is 0 Å². The Morgan fingerprint density at radius 1 is 0.935 bits per heavy atom. The van der Waals surface area contributed by atoms with Crippen LogP contribution in [0.15, 0.2) is 91.5 Å². The number of nitrogens with zero attached hydrogens (tertiary/aromatic N) is 3. The van der Waals surface area contributed by atoms with E-state index in [9.17, 15) is 9.59 Å². The predicted octanol–water partition coefficient (Wildman–Crippen LogP) is 4.11. The lowest BCUT2D eigenvalue weighted by Crippen LogP contribution is -2.26. The van der Waals surface area contributed by atoms with E-state index in [1.165, 1.54) is 6.33 Å². The van der Waals surface area contributed by atoms with Crippen molar-refractivity contribution in [2.45, 2.75) is 13.0 Å². The minimum atomic E-state index is -1.09. The Morgan fingerprint density at radius 2 is 1.65 bits per heavy atom. The Kier molecular flexibility index (Phi) is 5.84. The summed E-state index contributed by atoms with van der Waals surface area (Å²) in [5.41, 5.74) is 3.38. The summed E-state index contributed by atoms with van der Waals surface area (Å²) in [6.45, 7) is 1.97. The van der Waals surface area contributed by atoms with E-state index >= 15 is 0 Å². The molecule has 1 atom stereocenters. The van der Waals surface area contributed by atoms with Crippen LogP contribution in [0.4, 0.5) is 5.69 Å². The van der Waals surface area contributed by atoms with Gasteiger partial charge in [0.2, 0.25) is 6.10 Å². The number of esters is 1. The van der Waals surface area contributed by atoms with E-state index in [0.29, 0.717) is 16.8 Å². The molecule has 0 bridgehead atoms. The number of nitrogens with one attached hydrogen (secondary N) is 1. The fourth-order valence-electron chi connectivity index (χ4n) is 3.01. The van der Waals surface area contributed by atoms with E-state index in [-0.39, 0.29) is 0 Å². The standard InChI is InChI=1S/C24H20N4O3/c1-17-7-11-20(12-8-17)27-23(29)22(18-5-3-2-4-6-18)31-24(30)19-9-13-21(14-10-19)28-16-25-15-26-28/h2-16,22H,1H3,(H,27,29)/t22-/m1/s1. The Balaban J connectivity index is 1.53. The molecule has 0 aliphatic carbocycles. The predicted molar refractivity (Wildman–Crippen MR) is 116 cm³/mol. The van der Waals surface area contributed by atoms with Crippen molar-refractivity contribution in [1.82, 2.24) is 14.8 Å². The fraction of sp³-hybridized carbons (Fsp3) is 0.0833. The van der Waals surface area contributed by atoms with Crippen molar-refractivity contribution in [2.24, 2.45) is 0 Å². The van der Waals surface area contributed by atoms with Gasteiger partial charge in [0, 0.05) is 11.3 Å². The zero-order chi connectivity index (χ0) is 21.6. The van der Waals surface area contributed by atoms with E-state index in [1.54, 1.807) is 71.7 Å². The number of benzene rings is 3.